The maximum atomic E-state index is 15.5. The van der Waals surface area contributed by atoms with E-state index in [4.69, 9.17) is 18.9 Å². The third-order valence-electron chi connectivity index (χ3n) is 20.5. The quantitative estimate of drug-likeness (QED) is 0.0474. The lowest BCUT2D eigenvalue weighted by molar-refractivity contribution is -0.144. The van der Waals surface area contributed by atoms with E-state index in [0.29, 0.717) is 106 Å². The number of aryl methyl sites for hydroxylation is 1. The Morgan fingerprint density at radius 3 is 2.08 bits per heavy atom. The molecule has 5 unspecified atom stereocenters. The van der Waals surface area contributed by atoms with Gasteiger partial charge in [-0.2, -0.15) is 26.3 Å². The van der Waals surface area contributed by atoms with Gasteiger partial charge in [0.15, 0.2) is 5.60 Å². The Balaban J connectivity index is 0.786. The summed E-state index contributed by atoms with van der Waals surface area (Å²) in [6, 6.07) is 44.2. The Bertz CT molecular complexity index is 4140. The average Bonchev–Trinajstić information content (AvgIpc) is 1.60. The zero-order valence-corrected chi connectivity index (χ0v) is 53.3. The van der Waals surface area contributed by atoms with Crippen LogP contribution >= 0.6 is 0 Å². The number of unbranched alkanes of at least 4 members (excludes halogenated alkanes) is 2. The van der Waals surface area contributed by atoms with Crippen molar-refractivity contribution in [3.05, 3.63) is 202 Å². The smallest absolute Gasteiger partial charge is 0.416 e. The maximum absolute atomic E-state index is 15.5. The molecule has 1 N–H and O–H groups in total. The lowest BCUT2D eigenvalue weighted by Gasteiger charge is -2.39. The summed E-state index contributed by atoms with van der Waals surface area (Å²) in [7, 11) is 1.51. The molecule has 5 aliphatic rings. The molecule has 3 fully saturated rings. The van der Waals surface area contributed by atoms with Gasteiger partial charge in [-0.3, -0.25) is 9.59 Å². The lowest BCUT2D eigenvalue weighted by atomic mass is 9.75. The predicted molar refractivity (Wildman–Crippen MR) is 355 cm³/mol. The first-order valence-electron chi connectivity index (χ1n) is 33.0. The van der Waals surface area contributed by atoms with Crippen molar-refractivity contribution in [2.24, 2.45) is 17.8 Å². The highest BCUT2D eigenvalue weighted by atomic mass is 19.4. The highest BCUT2D eigenvalue weighted by molar-refractivity contribution is 6.11. The van der Waals surface area contributed by atoms with E-state index in [0.717, 1.165) is 53.0 Å². The molecule has 1 saturated heterocycles. The van der Waals surface area contributed by atoms with Gasteiger partial charge in [-0.1, -0.05) is 157 Å². The third-order valence-corrected chi connectivity index (χ3v) is 20.5. The van der Waals surface area contributed by atoms with Crippen LogP contribution in [0, 0.1) is 24.7 Å². The van der Waals surface area contributed by atoms with Crippen LogP contribution in [-0.4, -0.2) is 45.3 Å². The molecule has 482 valence electrons. The van der Waals surface area contributed by atoms with Crippen LogP contribution in [-0.2, 0) is 37.7 Å². The molecule has 3 aliphatic carbocycles. The van der Waals surface area contributed by atoms with Crippen LogP contribution < -0.4 is 24.4 Å². The summed E-state index contributed by atoms with van der Waals surface area (Å²) >= 11 is 0. The molecule has 13 rings (SSSR count). The monoisotopic (exact) mass is 1260 g/mol. The van der Waals surface area contributed by atoms with Gasteiger partial charge in [-0.25, -0.2) is 0 Å². The maximum Gasteiger partial charge on any atom is 0.416 e. The number of nitrogens with zero attached hydrogens (tertiary/aromatic N) is 1. The van der Waals surface area contributed by atoms with Gasteiger partial charge >= 0.3 is 18.3 Å². The fourth-order valence-electron chi connectivity index (χ4n) is 15.7. The Kier molecular flexibility index (Phi) is 17.4. The van der Waals surface area contributed by atoms with Crippen LogP contribution in [0.1, 0.15) is 154 Å². The summed E-state index contributed by atoms with van der Waals surface area (Å²) < 4.78 is 117. The molecular weight excluding hydrogens is 1190 g/mol. The second kappa shape index (κ2) is 25.5. The number of alkyl halides is 6. The zero-order chi connectivity index (χ0) is 65.0. The van der Waals surface area contributed by atoms with E-state index < -0.39 is 46.3 Å². The predicted octanol–water partition coefficient (Wildman–Crippen LogP) is 20.2. The average molecular weight is 1270 g/mol. The molecule has 8 aromatic rings. The van der Waals surface area contributed by atoms with Gasteiger partial charge < -0.3 is 29.2 Å². The number of fused-ring (bicyclic) bond motifs is 8. The lowest BCUT2D eigenvalue weighted by Crippen LogP contribution is -2.37. The SMILES string of the molecule is CCCCCC1CCCC(c2ccc(-c3ccc(OC(=O)C4CCCC(C(=O)Nc5ccc(-c6cc7c8c(c9c(c7cc6OC)OC(c6ccccc6)(c6ccc(N7CCOCC7)cc6)C=C9)C(C)(C)c6c-8cc(C(F)(F)F)cc6C(F)(F)F)c(C)c5)C4)cc3)cc2)C1. The summed E-state index contributed by atoms with van der Waals surface area (Å²) in [5.74, 6) is 1.00. The number of nitrogens with one attached hydrogen (secondary N) is 1. The fraction of sp³-hybridized carbons (Fsp3) is 0.367. The Hall–Kier alpha value is -8.36. The van der Waals surface area contributed by atoms with Crippen LogP contribution in [0.25, 0.3) is 50.2 Å². The fourth-order valence-corrected chi connectivity index (χ4v) is 15.7. The van der Waals surface area contributed by atoms with Crippen molar-refractivity contribution >= 4 is 40.1 Å². The van der Waals surface area contributed by atoms with Gasteiger partial charge in [0.25, 0.3) is 0 Å². The molecule has 5 atom stereocenters. The number of carbonyl (C=O) groups excluding carboxylic acids is 2. The number of hydrogen-bond acceptors (Lipinski definition) is 7. The van der Waals surface area contributed by atoms with Gasteiger partial charge in [0, 0.05) is 63.4 Å². The molecule has 0 bridgehead atoms. The second-order valence-electron chi connectivity index (χ2n) is 26.7. The summed E-state index contributed by atoms with van der Waals surface area (Å²) in [4.78, 5) is 30.2. The van der Waals surface area contributed by atoms with Crippen molar-refractivity contribution in [2.45, 2.75) is 134 Å². The number of ether oxygens (including phenoxy) is 4. The molecule has 2 aliphatic heterocycles. The van der Waals surface area contributed by atoms with Gasteiger partial charge in [0.1, 0.15) is 17.2 Å². The summed E-state index contributed by atoms with van der Waals surface area (Å²) in [5, 5.41) is 3.87. The minimum absolute atomic E-state index is 0.174. The number of halogens is 6. The van der Waals surface area contributed by atoms with Crippen LogP contribution in [0.3, 0.4) is 0 Å². The van der Waals surface area contributed by atoms with Crippen molar-refractivity contribution in [3.63, 3.8) is 0 Å². The van der Waals surface area contributed by atoms with Gasteiger partial charge in [0.2, 0.25) is 5.91 Å². The molecule has 2 saturated carbocycles. The Morgan fingerprint density at radius 1 is 0.688 bits per heavy atom. The number of benzene rings is 8. The van der Waals surface area contributed by atoms with Crippen molar-refractivity contribution < 1.29 is 54.9 Å². The van der Waals surface area contributed by atoms with Crippen LogP contribution in [0.4, 0.5) is 37.7 Å². The second-order valence-corrected chi connectivity index (χ2v) is 26.7. The Labute approximate surface area is 540 Å². The first-order chi connectivity index (χ1) is 44.7. The molecule has 93 heavy (non-hydrogen) atoms. The topological polar surface area (TPSA) is 86.3 Å². The molecule has 2 heterocycles. The van der Waals surface area contributed by atoms with E-state index in [1.165, 1.54) is 64.0 Å². The number of esters is 1. The van der Waals surface area contributed by atoms with E-state index in [2.05, 4.69) is 41.4 Å². The number of methoxy groups -OCH3 is 1. The molecular formula is C79H78F6N2O6. The normalized spacial score (nSPS) is 20.9. The summed E-state index contributed by atoms with van der Waals surface area (Å²) in [6.45, 7) is 10.0. The Morgan fingerprint density at radius 2 is 1.39 bits per heavy atom. The highest BCUT2D eigenvalue weighted by Crippen LogP contribution is 2.62. The van der Waals surface area contributed by atoms with Gasteiger partial charge in [-0.15, -0.1) is 0 Å². The van der Waals surface area contributed by atoms with Gasteiger partial charge in [0.05, 0.1) is 37.4 Å². The van der Waals surface area contributed by atoms with Crippen molar-refractivity contribution in [1.82, 2.24) is 0 Å². The highest BCUT2D eigenvalue weighted by Gasteiger charge is 2.51. The van der Waals surface area contributed by atoms with Crippen molar-refractivity contribution in [2.75, 3.05) is 43.6 Å². The minimum atomic E-state index is -5.15. The minimum Gasteiger partial charge on any atom is -0.496 e. The molecule has 0 aromatic heterocycles. The zero-order valence-electron chi connectivity index (χ0n) is 53.3. The molecule has 8 aromatic carbocycles. The molecule has 0 spiro atoms. The number of carbonyl (C=O) groups is 2. The van der Waals surface area contributed by atoms with Crippen LogP contribution in [0.2, 0.25) is 0 Å². The van der Waals surface area contributed by atoms with Crippen molar-refractivity contribution in [3.8, 4) is 50.6 Å². The number of morpholine rings is 1. The molecule has 14 heteroatoms. The number of rotatable bonds is 15. The molecule has 0 radical (unpaired) electrons. The standard InChI is InChI=1S/C79H78F6N2O6/c1-6-7-9-14-49-15-12-16-53(42-49)52-23-21-50(22-24-52)51-25-32-61(33-26-51)92-75(89)55-18-13-17-54(43-55)74(88)86-59-29-34-62(48(2)41-59)64-46-65-66(47-69(64)90-5)73-63(72-70(65)67-44-58(78(80,81)82)45-68(79(83,84)85)71(67)76(72,3)4)35-36-77(93-73,56-19-10-8-11-20-56)57-27-30-60(31-28-57)87-37-39-91-40-38-87/h8,10-11,19-36,41,44-47,49,53-55H,6-7,9,12-18,37-40,42-43H2,1-5H3,(H,86,88). The third kappa shape index (κ3) is 12.3. The molecule has 1 amide bonds. The van der Waals surface area contributed by atoms with Gasteiger partial charge in [-0.05, 0) is 173 Å². The number of amides is 1. The van der Waals surface area contributed by atoms with E-state index in [9.17, 15) is 22.8 Å². The summed E-state index contributed by atoms with van der Waals surface area (Å²) in [5.41, 5.74) is 3.48. The van der Waals surface area contributed by atoms with E-state index in [-0.39, 0.29) is 34.6 Å². The first-order valence-corrected chi connectivity index (χ1v) is 33.0. The van der Waals surface area contributed by atoms with Crippen LogP contribution in [0.15, 0.2) is 152 Å². The number of hydrogen-bond donors (Lipinski definition) is 1. The van der Waals surface area contributed by atoms with E-state index in [1.54, 1.807) is 32.0 Å². The largest absolute Gasteiger partial charge is 0.496 e. The molecule has 8 nitrogen and oxygen atoms in total. The van der Waals surface area contributed by atoms with Crippen LogP contribution in [0.5, 0.6) is 17.2 Å². The van der Waals surface area contributed by atoms with E-state index in [1.807, 2.05) is 110 Å². The number of anilines is 2. The van der Waals surface area contributed by atoms with Crippen molar-refractivity contribution in [1.29, 1.82) is 0 Å². The summed E-state index contributed by atoms with van der Waals surface area (Å²) in [6.07, 6.45) is 6.03. The first kappa shape index (κ1) is 63.4. The van der Waals surface area contributed by atoms with E-state index >= 15 is 13.2 Å².